The highest BCUT2D eigenvalue weighted by atomic mass is 79.9. The van der Waals surface area contributed by atoms with E-state index in [-0.39, 0.29) is 5.60 Å². The van der Waals surface area contributed by atoms with Gasteiger partial charge in [0.2, 0.25) is 5.82 Å². The first-order valence-electron chi connectivity index (χ1n) is 6.09. The quantitative estimate of drug-likeness (QED) is 0.878. The summed E-state index contributed by atoms with van der Waals surface area (Å²) >= 11 is 3.39. The Balaban J connectivity index is 1.94. The lowest BCUT2D eigenvalue weighted by atomic mass is 9.79. The molecule has 19 heavy (non-hydrogen) atoms. The van der Waals surface area contributed by atoms with E-state index >= 15 is 0 Å². The minimum atomic E-state index is -0.354. The molecule has 3 rings (SSSR count). The fourth-order valence-electron chi connectivity index (χ4n) is 2.20. The monoisotopic (exact) mass is 323 g/mol. The molecule has 100 valence electrons. The van der Waals surface area contributed by atoms with E-state index in [1.807, 2.05) is 12.1 Å². The van der Waals surface area contributed by atoms with Crippen molar-refractivity contribution >= 4 is 21.6 Å². The first-order valence-corrected chi connectivity index (χ1v) is 6.89. The van der Waals surface area contributed by atoms with E-state index < -0.39 is 0 Å². The van der Waals surface area contributed by atoms with Crippen molar-refractivity contribution < 1.29 is 9.26 Å². The Morgan fingerprint density at radius 3 is 2.79 bits per heavy atom. The molecule has 1 heterocycles. The predicted molar refractivity (Wildman–Crippen MR) is 74.4 cm³/mol. The fraction of sp³-hybridized carbons (Fsp3) is 0.385. The first kappa shape index (κ1) is 12.6. The lowest BCUT2D eigenvalue weighted by Crippen LogP contribution is -2.37. The summed E-state index contributed by atoms with van der Waals surface area (Å²) in [4.78, 5) is 4.45. The number of aromatic nitrogens is 2. The van der Waals surface area contributed by atoms with Gasteiger partial charge in [-0.1, -0.05) is 5.16 Å². The molecule has 0 atom stereocenters. The molecule has 5 nitrogen and oxygen atoms in total. The van der Waals surface area contributed by atoms with Gasteiger partial charge in [-0.05, 0) is 53.4 Å². The van der Waals surface area contributed by atoms with Gasteiger partial charge in [0, 0.05) is 22.8 Å². The molecule has 1 fully saturated rings. The largest absolute Gasteiger partial charge is 0.398 e. The van der Waals surface area contributed by atoms with Crippen LogP contribution in [0.5, 0.6) is 0 Å². The van der Waals surface area contributed by atoms with Crippen molar-refractivity contribution in [1.29, 1.82) is 0 Å². The number of nitrogen functional groups attached to an aromatic ring is 1. The SMILES string of the molecule is COC1(c2noc(-c3ccc(N)c(Br)c3)n2)CCC1. The average Bonchev–Trinajstić information content (AvgIpc) is 2.82. The summed E-state index contributed by atoms with van der Waals surface area (Å²) in [6.07, 6.45) is 3.01. The van der Waals surface area contributed by atoms with Crippen molar-refractivity contribution in [3.63, 3.8) is 0 Å². The van der Waals surface area contributed by atoms with Gasteiger partial charge >= 0.3 is 0 Å². The molecule has 0 amide bonds. The van der Waals surface area contributed by atoms with Crippen LogP contribution in [-0.2, 0) is 10.3 Å². The minimum absolute atomic E-state index is 0.354. The number of methoxy groups -OCH3 is 1. The maximum absolute atomic E-state index is 5.76. The zero-order valence-corrected chi connectivity index (χ0v) is 12.1. The van der Waals surface area contributed by atoms with E-state index in [0.717, 1.165) is 29.3 Å². The van der Waals surface area contributed by atoms with Gasteiger partial charge in [0.05, 0.1) is 0 Å². The Morgan fingerprint density at radius 2 is 2.21 bits per heavy atom. The second-order valence-electron chi connectivity index (χ2n) is 4.71. The molecule has 0 saturated heterocycles. The third-order valence-electron chi connectivity index (χ3n) is 3.63. The van der Waals surface area contributed by atoms with Crippen molar-refractivity contribution in [3.05, 3.63) is 28.5 Å². The summed E-state index contributed by atoms with van der Waals surface area (Å²) in [6, 6.07) is 5.53. The predicted octanol–water partition coefficient (Wildman–Crippen LogP) is 3.11. The number of rotatable bonds is 3. The number of halogens is 1. The molecule has 1 aromatic heterocycles. The summed E-state index contributed by atoms with van der Waals surface area (Å²) in [5.41, 5.74) is 6.92. The second kappa shape index (κ2) is 4.61. The molecular formula is C13H14BrN3O2. The van der Waals surface area contributed by atoms with E-state index in [9.17, 15) is 0 Å². The van der Waals surface area contributed by atoms with E-state index in [0.29, 0.717) is 17.4 Å². The molecule has 0 unspecified atom stereocenters. The molecule has 1 aliphatic rings. The smallest absolute Gasteiger partial charge is 0.258 e. The maximum atomic E-state index is 5.76. The molecule has 6 heteroatoms. The van der Waals surface area contributed by atoms with Gasteiger partial charge in [-0.2, -0.15) is 4.98 Å². The molecule has 0 aliphatic heterocycles. The molecular weight excluding hydrogens is 310 g/mol. The Hall–Kier alpha value is -1.40. The van der Waals surface area contributed by atoms with Crippen LogP contribution in [0.1, 0.15) is 25.1 Å². The van der Waals surface area contributed by atoms with Crippen LogP contribution >= 0.6 is 15.9 Å². The number of benzene rings is 1. The summed E-state index contributed by atoms with van der Waals surface area (Å²) in [5.74, 6) is 1.11. The molecule has 0 spiro atoms. The number of anilines is 1. The number of nitrogens with two attached hydrogens (primary N) is 1. The Kier molecular flexibility index (Phi) is 3.06. The molecule has 2 aromatic rings. The maximum Gasteiger partial charge on any atom is 0.258 e. The zero-order valence-electron chi connectivity index (χ0n) is 10.5. The van der Waals surface area contributed by atoms with Gasteiger partial charge in [0.1, 0.15) is 5.60 Å². The molecule has 1 saturated carbocycles. The van der Waals surface area contributed by atoms with Crippen molar-refractivity contribution in [2.75, 3.05) is 12.8 Å². The van der Waals surface area contributed by atoms with E-state index in [1.165, 1.54) is 0 Å². The van der Waals surface area contributed by atoms with Gasteiger partial charge in [-0.15, -0.1) is 0 Å². The third kappa shape index (κ3) is 2.04. The summed E-state index contributed by atoms with van der Waals surface area (Å²) in [6.45, 7) is 0. The minimum Gasteiger partial charge on any atom is -0.398 e. The lowest BCUT2D eigenvalue weighted by Gasteiger charge is -2.37. The molecule has 1 aliphatic carbocycles. The van der Waals surface area contributed by atoms with E-state index in [1.54, 1.807) is 13.2 Å². The van der Waals surface area contributed by atoms with Gasteiger partial charge in [-0.25, -0.2) is 0 Å². The number of ether oxygens (including phenoxy) is 1. The van der Waals surface area contributed by atoms with Crippen molar-refractivity contribution in [2.24, 2.45) is 0 Å². The zero-order chi connectivity index (χ0) is 13.5. The Bertz CT molecular complexity index is 602. The summed E-state index contributed by atoms with van der Waals surface area (Å²) < 4.78 is 11.7. The van der Waals surface area contributed by atoms with Crippen molar-refractivity contribution in [3.8, 4) is 11.5 Å². The number of nitrogens with zero attached hydrogens (tertiary/aromatic N) is 2. The van der Waals surface area contributed by atoms with Crippen molar-refractivity contribution in [1.82, 2.24) is 10.1 Å². The number of hydrogen-bond donors (Lipinski definition) is 1. The average molecular weight is 324 g/mol. The fourth-order valence-corrected chi connectivity index (χ4v) is 2.58. The standard InChI is InChI=1S/C13H14BrN3O2/c1-18-13(5-2-6-13)12-16-11(19-17-12)8-3-4-10(15)9(14)7-8/h3-4,7H,2,5-6,15H2,1H3. The number of hydrogen-bond acceptors (Lipinski definition) is 5. The summed E-state index contributed by atoms with van der Waals surface area (Å²) in [5, 5.41) is 4.05. The third-order valence-corrected chi connectivity index (χ3v) is 4.32. The molecule has 0 radical (unpaired) electrons. The van der Waals surface area contributed by atoms with Gasteiger partial charge < -0.3 is 15.0 Å². The van der Waals surface area contributed by atoms with Crippen LogP contribution in [-0.4, -0.2) is 17.3 Å². The Labute approximate surface area is 119 Å². The molecule has 2 N–H and O–H groups in total. The normalized spacial score (nSPS) is 17.2. The van der Waals surface area contributed by atoms with Gasteiger partial charge in [-0.3, -0.25) is 0 Å². The van der Waals surface area contributed by atoms with Crippen LogP contribution in [0.3, 0.4) is 0 Å². The van der Waals surface area contributed by atoms with Crippen LogP contribution in [0.25, 0.3) is 11.5 Å². The van der Waals surface area contributed by atoms with Crippen LogP contribution in [0.2, 0.25) is 0 Å². The van der Waals surface area contributed by atoms with Crippen LogP contribution in [0, 0.1) is 0 Å². The van der Waals surface area contributed by atoms with Gasteiger partial charge in [0.25, 0.3) is 5.89 Å². The Morgan fingerprint density at radius 1 is 1.42 bits per heavy atom. The van der Waals surface area contributed by atoms with E-state index in [2.05, 4.69) is 26.1 Å². The topological polar surface area (TPSA) is 74.2 Å². The van der Waals surface area contributed by atoms with Crippen LogP contribution < -0.4 is 5.73 Å². The molecule has 1 aromatic carbocycles. The second-order valence-corrected chi connectivity index (χ2v) is 5.57. The molecule has 0 bridgehead atoms. The lowest BCUT2D eigenvalue weighted by molar-refractivity contribution is -0.0858. The highest BCUT2D eigenvalue weighted by Gasteiger charge is 2.43. The summed E-state index contributed by atoms with van der Waals surface area (Å²) in [7, 11) is 1.69. The van der Waals surface area contributed by atoms with E-state index in [4.69, 9.17) is 15.0 Å². The van der Waals surface area contributed by atoms with Gasteiger partial charge in [0.15, 0.2) is 0 Å². The highest BCUT2D eigenvalue weighted by Crippen LogP contribution is 2.43. The first-order chi connectivity index (χ1) is 9.14. The van der Waals surface area contributed by atoms with Crippen LogP contribution in [0.4, 0.5) is 5.69 Å². The van der Waals surface area contributed by atoms with Crippen LogP contribution in [0.15, 0.2) is 27.2 Å². The highest BCUT2D eigenvalue weighted by molar-refractivity contribution is 9.10. The van der Waals surface area contributed by atoms with Crippen molar-refractivity contribution in [2.45, 2.75) is 24.9 Å².